The predicted octanol–water partition coefficient (Wildman–Crippen LogP) is 2.11. The SMILES string of the molecule is CC(C)(C(=O)NOCCOc1ccc(S(=O)(=O)N2CCOCC2)cc1)c1ccccc1. The maximum absolute atomic E-state index is 12.6. The maximum Gasteiger partial charge on any atom is 0.253 e. The zero-order valence-corrected chi connectivity index (χ0v) is 18.6. The number of carbonyl (C=O) groups is 1. The van der Waals surface area contributed by atoms with Gasteiger partial charge in [0.05, 0.1) is 23.5 Å². The molecule has 0 aromatic heterocycles. The molecule has 0 spiro atoms. The molecule has 1 saturated heterocycles. The zero-order valence-electron chi connectivity index (χ0n) is 17.7. The van der Waals surface area contributed by atoms with Gasteiger partial charge in [0.2, 0.25) is 10.0 Å². The number of hydrogen-bond acceptors (Lipinski definition) is 6. The fourth-order valence-corrected chi connectivity index (χ4v) is 4.48. The standard InChI is InChI=1S/C22H28N2O6S/c1-22(2,18-6-4-3-5-7-18)21(25)23-30-17-16-29-19-8-10-20(11-9-19)31(26,27)24-12-14-28-15-13-24/h3-11H,12-17H2,1-2H3,(H,23,25). The van der Waals surface area contributed by atoms with Crippen molar-refractivity contribution in [3.05, 3.63) is 60.2 Å². The molecule has 9 heteroatoms. The number of hydroxylamine groups is 1. The molecule has 8 nitrogen and oxygen atoms in total. The van der Waals surface area contributed by atoms with Crippen molar-refractivity contribution >= 4 is 15.9 Å². The Morgan fingerprint density at radius 1 is 1.03 bits per heavy atom. The highest BCUT2D eigenvalue weighted by molar-refractivity contribution is 7.89. The number of nitrogens with zero attached hydrogens (tertiary/aromatic N) is 1. The topological polar surface area (TPSA) is 94.2 Å². The monoisotopic (exact) mass is 448 g/mol. The Bertz CT molecular complexity index is 955. The molecule has 31 heavy (non-hydrogen) atoms. The van der Waals surface area contributed by atoms with Gasteiger partial charge in [0.15, 0.2) is 0 Å². The molecule has 0 atom stereocenters. The van der Waals surface area contributed by atoms with E-state index in [1.807, 2.05) is 44.2 Å². The highest BCUT2D eigenvalue weighted by atomic mass is 32.2. The van der Waals surface area contributed by atoms with Crippen molar-refractivity contribution in [2.75, 3.05) is 39.5 Å². The smallest absolute Gasteiger partial charge is 0.253 e. The minimum Gasteiger partial charge on any atom is -0.491 e. The van der Waals surface area contributed by atoms with Crippen LogP contribution in [0, 0.1) is 0 Å². The van der Waals surface area contributed by atoms with Crippen LogP contribution in [0.4, 0.5) is 0 Å². The summed E-state index contributed by atoms with van der Waals surface area (Å²) in [5.41, 5.74) is 2.62. The summed E-state index contributed by atoms with van der Waals surface area (Å²) in [5.74, 6) is 0.261. The Morgan fingerprint density at radius 2 is 1.68 bits per heavy atom. The number of amides is 1. The van der Waals surface area contributed by atoms with Gasteiger partial charge < -0.3 is 9.47 Å². The molecule has 1 amide bonds. The molecule has 2 aromatic rings. The van der Waals surface area contributed by atoms with E-state index in [9.17, 15) is 13.2 Å². The highest BCUT2D eigenvalue weighted by Gasteiger charge is 2.30. The molecule has 0 saturated carbocycles. The molecule has 0 unspecified atom stereocenters. The van der Waals surface area contributed by atoms with E-state index in [-0.39, 0.29) is 24.0 Å². The van der Waals surface area contributed by atoms with Crippen LogP contribution >= 0.6 is 0 Å². The van der Waals surface area contributed by atoms with E-state index in [1.54, 1.807) is 12.1 Å². The first-order valence-corrected chi connectivity index (χ1v) is 11.5. The number of hydrogen-bond donors (Lipinski definition) is 1. The first-order chi connectivity index (χ1) is 14.8. The molecular formula is C22H28N2O6S. The summed E-state index contributed by atoms with van der Waals surface area (Å²) in [4.78, 5) is 17.9. The summed E-state index contributed by atoms with van der Waals surface area (Å²) in [6, 6.07) is 15.7. The molecule has 1 heterocycles. The first kappa shape index (κ1) is 23.2. The average Bonchev–Trinajstić information content (AvgIpc) is 2.80. The normalized spacial score (nSPS) is 15.4. The van der Waals surface area contributed by atoms with Gasteiger partial charge in [-0.3, -0.25) is 9.63 Å². The fraction of sp³-hybridized carbons (Fsp3) is 0.409. The van der Waals surface area contributed by atoms with Gasteiger partial charge in [-0.15, -0.1) is 0 Å². The van der Waals surface area contributed by atoms with E-state index in [4.69, 9.17) is 14.3 Å². The lowest BCUT2D eigenvalue weighted by molar-refractivity contribution is -0.139. The van der Waals surface area contributed by atoms with Crippen LogP contribution in [-0.2, 0) is 29.8 Å². The van der Waals surface area contributed by atoms with Crippen LogP contribution in [0.1, 0.15) is 19.4 Å². The number of sulfonamides is 1. The summed E-state index contributed by atoms with van der Waals surface area (Å²) in [5, 5.41) is 0. The van der Waals surface area contributed by atoms with Crippen molar-refractivity contribution in [3.63, 3.8) is 0 Å². The van der Waals surface area contributed by atoms with E-state index >= 15 is 0 Å². The van der Waals surface area contributed by atoms with Gasteiger partial charge in [0.25, 0.3) is 5.91 Å². The van der Waals surface area contributed by atoms with E-state index < -0.39 is 15.4 Å². The second-order valence-corrected chi connectivity index (χ2v) is 9.54. The highest BCUT2D eigenvalue weighted by Crippen LogP contribution is 2.23. The molecule has 0 bridgehead atoms. The van der Waals surface area contributed by atoms with Gasteiger partial charge >= 0.3 is 0 Å². The minimum absolute atomic E-state index is 0.143. The van der Waals surface area contributed by atoms with Crippen LogP contribution in [0.15, 0.2) is 59.5 Å². The lowest BCUT2D eigenvalue weighted by Crippen LogP contribution is -2.40. The molecule has 1 aliphatic rings. The van der Waals surface area contributed by atoms with Gasteiger partial charge in [0.1, 0.15) is 19.0 Å². The lowest BCUT2D eigenvalue weighted by atomic mass is 9.84. The Hall–Kier alpha value is -2.46. The molecule has 1 fully saturated rings. The number of rotatable bonds is 9. The number of carbonyl (C=O) groups excluding carboxylic acids is 1. The molecule has 1 N–H and O–H groups in total. The van der Waals surface area contributed by atoms with Crippen LogP contribution in [0.5, 0.6) is 5.75 Å². The predicted molar refractivity (Wildman–Crippen MR) is 115 cm³/mol. The minimum atomic E-state index is -3.53. The van der Waals surface area contributed by atoms with E-state index in [1.165, 1.54) is 16.4 Å². The average molecular weight is 449 g/mol. The number of ether oxygens (including phenoxy) is 2. The van der Waals surface area contributed by atoms with E-state index in [0.29, 0.717) is 32.1 Å². The molecule has 2 aromatic carbocycles. The van der Waals surface area contributed by atoms with Gasteiger partial charge in [-0.05, 0) is 43.7 Å². The van der Waals surface area contributed by atoms with Crippen molar-refractivity contribution in [1.29, 1.82) is 0 Å². The van der Waals surface area contributed by atoms with Crippen molar-refractivity contribution in [2.24, 2.45) is 0 Å². The van der Waals surface area contributed by atoms with E-state index in [0.717, 1.165) is 5.56 Å². The molecular weight excluding hydrogens is 420 g/mol. The third kappa shape index (κ3) is 5.82. The van der Waals surface area contributed by atoms with Gasteiger partial charge in [-0.1, -0.05) is 30.3 Å². The van der Waals surface area contributed by atoms with Gasteiger partial charge in [0, 0.05) is 13.1 Å². The summed E-state index contributed by atoms with van der Waals surface area (Å²) in [7, 11) is -3.53. The zero-order chi connectivity index (χ0) is 22.3. The molecule has 1 aliphatic heterocycles. The first-order valence-electron chi connectivity index (χ1n) is 10.1. The number of benzene rings is 2. The van der Waals surface area contributed by atoms with Crippen LogP contribution in [-0.4, -0.2) is 58.1 Å². The summed E-state index contributed by atoms with van der Waals surface area (Å²) in [6.45, 7) is 5.49. The maximum atomic E-state index is 12.6. The number of nitrogens with one attached hydrogen (secondary N) is 1. The summed E-state index contributed by atoms with van der Waals surface area (Å²) in [6.07, 6.45) is 0. The Kier molecular flexibility index (Phi) is 7.66. The van der Waals surface area contributed by atoms with Crippen LogP contribution in [0.2, 0.25) is 0 Å². The Morgan fingerprint density at radius 3 is 2.32 bits per heavy atom. The van der Waals surface area contributed by atoms with Crippen LogP contribution < -0.4 is 10.2 Å². The van der Waals surface area contributed by atoms with Crippen molar-refractivity contribution in [2.45, 2.75) is 24.2 Å². The van der Waals surface area contributed by atoms with Crippen molar-refractivity contribution in [3.8, 4) is 5.75 Å². The fourth-order valence-electron chi connectivity index (χ4n) is 3.08. The number of morpholine rings is 1. The summed E-state index contributed by atoms with van der Waals surface area (Å²) < 4.78 is 37.4. The quantitative estimate of drug-likeness (QED) is 0.467. The molecule has 3 rings (SSSR count). The molecule has 168 valence electrons. The molecule has 0 radical (unpaired) electrons. The second kappa shape index (κ2) is 10.2. The third-order valence-corrected chi connectivity index (χ3v) is 7.03. The van der Waals surface area contributed by atoms with Crippen LogP contribution in [0.25, 0.3) is 0 Å². The van der Waals surface area contributed by atoms with Gasteiger partial charge in [-0.2, -0.15) is 4.31 Å². The third-order valence-electron chi connectivity index (χ3n) is 5.11. The van der Waals surface area contributed by atoms with Crippen LogP contribution in [0.3, 0.4) is 0 Å². The van der Waals surface area contributed by atoms with Crippen molar-refractivity contribution in [1.82, 2.24) is 9.79 Å². The summed E-state index contributed by atoms with van der Waals surface area (Å²) >= 11 is 0. The Labute approximate surface area is 183 Å². The molecule has 0 aliphatic carbocycles. The Balaban J connectivity index is 1.43. The van der Waals surface area contributed by atoms with E-state index in [2.05, 4.69) is 5.48 Å². The lowest BCUT2D eigenvalue weighted by Gasteiger charge is -2.26. The van der Waals surface area contributed by atoms with Gasteiger partial charge in [-0.25, -0.2) is 13.9 Å². The second-order valence-electron chi connectivity index (χ2n) is 7.61. The van der Waals surface area contributed by atoms with Crippen molar-refractivity contribution < 1.29 is 27.5 Å². The largest absolute Gasteiger partial charge is 0.491 e.